The Balaban J connectivity index is 2.65. The van der Waals surface area contributed by atoms with Crippen molar-refractivity contribution < 1.29 is 14.3 Å². The summed E-state index contributed by atoms with van der Waals surface area (Å²) in [7, 11) is 1.53. The Bertz CT molecular complexity index is 334. The summed E-state index contributed by atoms with van der Waals surface area (Å²) < 4.78 is 9.65. The number of carbonyl (C=O) groups excluding carboxylic acids is 1. The lowest BCUT2D eigenvalue weighted by Crippen LogP contribution is -2.10. The van der Waals surface area contributed by atoms with Gasteiger partial charge in [-0.15, -0.1) is 0 Å². The van der Waals surface area contributed by atoms with E-state index < -0.39 is 5.97 Å². The minimum Gasteiger partial charge on any atom is -0.460 e. The molecule has 1 rings (SSSR count). The number of hydrogen-bond donors (Lipinski definition) is 1. The molecule has 82 valence electrons. The van der Waals surface area contributed by atoms with Crippen molar-refractivity contribution in [2.45, 2.75) is 0 Å². The Morgan fingerprint density at radius 3 is 2.73 bits per heavy atom. The van der Waals surface area contributed by atoms with Gasteiger partial charge in [-0.05, 0) is 18.2 Å². The third-order valence-electron chi connectivity index (χ3n) is 1.68. The first-order valence-corrected chi connectivity index (χ1v) is 4.73. The van der Waals surface area contributed by atoms with Crippen molar-refractivity contribution in [1.29, 1.82) is 0 Å². The van der Waals surface area contributed by atoms with Crippen LogP contribution in [0.1, 0.15) is 10.4 Å². The van der Waals surface area contributed by atoms with Gasteiger partial charge in [0.05, 0.1) is 12.2 Å². The van der Waals surface area contributed by atoms with Crippen LogP contribution in [-0.4, -0.2) is 26.3 Å². The molecule has 15 heavy (non-hydrogen) atoms. The minimum absolute atomic E-state index is 0.210. The van der Waals surface area contributed by atoms with E-state index in [2.05, 4.69) is 0 Å². The van der Waals surface area contributed by atoms with Crippen LogP contribution in [0.2, 0.25) is 5.02 Å². The first-order chi connectivity index (χ1) is 7.13. The summed E-state index contributed by atoms with van der Waals surface area (Å²) in [5, 5.41) is 0.411. The van der Waals surface area contributed by atoms with Crippen molar-refractivity contribution in [3.8, 4) is 0 Å². The smallest absolute Gasteiger partial charge is 0.338 e. The van der Waals surface area contributed by atoms with Gasteiger partial charge in [0.25, 0.3) is 0 Å². The van der Waals surface area contributed by atoms with Crippen molar-refractivity contribution in [3.05, 3.63) is 28.8 Å². The lowest BCUT2D eigenvalue weighted by molar-refractivity contribution is 0.0388. The second-order valence-electron chi connectivity index (χ2n) is 2.90. The van der Waals surface area contributed by atoms with E-state index in [1.807, 2.05) is 0 Å². The van der Waals surface area contributed by atoms with Crippen molar-refractivity contribution in [2.75, 3.05) is 26.1 Å². The SMILES string of the molecule is COCCOC(=O)c1cc(N)cc(Cl)c1. The molecule has 0 bridgehead atoms. The fourth-order valence-corrected chi connectivity index (χ4v) is 1.27. The van der Waals surface area contributed by atoms with E-state index >= 15 is 0 Å². The minimum atomic E-state index is -0.457. The number of anilines is 1. The van der Waals surface area contributed by atoms with E-state index in [0.717, 1.165) is 0 Å². The van der Waals surface area contributed by atoms with Crippen LogP contribution in [0.15, 0.2) is 18.2 Å². The topological polar surface area (TPSA) is 61.5 Å². The number of ether oxygens (including phenoxy) is 2. The lowest BCUT2D eigenvalue weighted by atomic mass is 10.2. The predicted molar refractivity (Wildman–Crippen MR) is 58.0 cm³/mol. The van der Waals surface area contributed by atoms with Crippen LogP contribution in [0.25, 0.3) is 0 Å². The van der Waals surface area contributed by atoms with Gasteiger partial charge in [-0.1, -0.05) is 11.6 Å². The lowest BCUT2D eigenvalue weighted by Gasteiger charge is -2.05. The average molecular weight is 230 g/mol. The molecule has 0 aliphatic rings. The maximum atomic E-state index is 11.4. The van der Waals surface area contributed by atoms with Gasteiger partial charge in [0, 0.05) is 17.8 Å². The molecule has 1 aromatic rings. The van der Waals surface area contributed by atoms with E-state index in [0.29, 0.717) is 22.9 Å². The van der Waals surface area contributed by atoms with Crippen molar-refractivity contribution in [1.82, 2.24) is 0 Å². The number of carbonyl (C=O) groups is 1. The van der Waals surface area contributed by atoms with Gasteiger partial charge in [0.1, 0.15) is 6.61 Å². The molecule has 1 aromatic carbocycles. The van der Waals surface area contributed by atoms with Gasteiger partial charge in [-0.25, -0.2) is 4.79 Å². The van der Waals surface area contributed by atoms with E-state index in [9.17, 15) is 4.79 Å². The summed E-state index contributed by atoms with van der Waals surface area (Å²) >= 11 is 5.74. The number of esters is 1. The normalized spacial score (nSPS) is 10.0. The highest BCUT2D eigenvalue weighted by Gasteiger charge is 2.08. The Labute approximate surface area is 92.9 Å². The number of hydrogen-bond acceptors (Lipinski definition) is 4. The zero-order chi connectivity index (χ0) is 11.3. The van der Waals surface area contributed by atoms with Crippen LogP contribution in [0.4, 0.5) is 5.69 Å². The third-order valence-corrected chi connectivity index (χ3v) is 1.89. The molecule has 0 fully saturated rings. The number of methoxy groups -OCH3 is 1. The molecule has 0 aliphatic heterocycles. The molecule has 0 atom stereocenters. The summed E-state index contributed by atoms with van der Waals surface area (Å²) in [6.07, 6.45) is 0. The zero-order valence-corrected chi connectivity index (χ0v) is 9.08. The maximum Gasteiger partial charge on any atom is 0.338 e. The highest BCUT2D eigenvalue weighted by Crippen LogP contribution is 2.17. The predicted octanol–water partition coefficient (Wildman–Crippen LogP) is 1.73. The van der Waals surface area contributed by atoms with E-state index in [-0.39, 0.29) is 6.61 Å². The van der Waals surface area contributed by atoms with Crippen molar-refractivity contribution in [3.63, 3.8) is 0 Å². The number of halogens is 1. The molecule has 0 saturated carbocycles. The van der Waals surface area contributed by atoms with Gasteiger partial charge in [0.15, 0.2) is 0 Å². The molecule has 4 nitrogen and oxygen atoms in total. The number of benzene rings is 1. The first-order valence-electron chi connectivity index (χ1n) is 4.35. The van der Waals surface area contributed by atoms with Crippen LogP contribution in [-0.2, 0) is 9.47 Å². The second kappa shape index (κ2) is 5.58. The Morgan fingerprint density at radius 1 is 1.40 bits per heavy atom. The Kier molecular flexibility index (Phi) is 4.39. The van der Waals surface area contributed by atoms with Crippen LogP contribution in [0.5, 0.6) is 0 Å². The molecule has 0 unspecified atom stereocenters. The van der Waals surface area contributed by atoms with Gasteiger partial charge >= 0.3 is 5.97 Å². The molecule has 2 N–H and O–H groups in total. The average Bonchev–Trinajstić information content (AvgIpc) is 2.16. The molecule has 0 radical (unpaired) electrons. The third kappa shape index (κ3) is 3.77. The summed E-state index contributed by atoms with van der Waals surface area (Å²) in [6.45, 7) is 0.573. The molecule has 0 aliphatic carbocycles. The Morgan fingerprint density at radius 2 is 2.13 bits per heavy atom. The number of nitrogen functional groups attached to an aromatic ring is 1. The summed E-state index contributed by atoms with van der Waals surface area (Å²) in [6, 6.07) is 4.58. The molecule has 0 heterocycles. The van der Waals surface area contributed by atoms with Crippen LogP contribution >= 0.6 is 11.6 Å². The van der Waals surface area contributed by atoms with E-state index in [4.69, 9.17) is 26.8 Å². The summed E-state index contributed by atoms with van der Waals surface area (Å²) in [4.78, 5) is 11.4. The standard InChI is InChI=1S/C10H12ClNO3/c1-14-2-3-15-10(13)7-4-8(11)6-9(12)5-7/h4-6H,2-3,12H2,1H3. The van der Waals surface area contributed by atoms with Gasteiger partial charge in [-0.2, -0.15) is 0 Å². The summed E-state index contributed by atoms with van der Waals surface area (Å²) in [5.41, 5.74) is 6.31. The second-order valence-corrected chi connectivity index (χ2v) is 3.34. The quantitative estimate of drug-likeness (QED) is 0.485. The Hall–Kier alpha value is -1.26. The molecular formula is C10H12ClNO3. The molecule has 0 aromatic heterocycles. The van der Waals surface area contributed by atoms with E-state index in [1.165, 1.54) is 19.2 Å². The molecule has 0 amide bonds. The van der Waals surface area contributed by atoms with Crippen LogP contribution in [0, 0.1) is 0 Å². The highest BCUT2D eigenvalue weighted by atomic mass is 35.5. The van der Waals surface area contributed by atoms with Crippen molar-refractivity contribution in [2.24, 2.45) is 0 Å². The molecule has 5 heteroatoms. The molecule has 0 spiro atoms. The number of rotatable bonds is 4. The number of nitrogens with two attached hydrogens (primary N) is 1. The van der Waals surface area contributed by atoms with Crippen LogP contribution in [0.3, 0.4) is 0 Å². The maximum absolute atomic E-state index is 11.4. The van der Waals surface area contributed by atoms with Gasteiger partial charge in [-0.3, -0.25) is 0 Å². The largest absolute Gasteiger partial charge is 0.460 e. The molecule has 0 saturated heterocycles. The van der Waals surface area contributed by atoms with Gasteiger partial charge < -0.3 is 15.2 Å². The highest BCUT2D eigenvalue weighted by molar-refractivity contribution is 6.31. The zero-order valence-electron chi connectivity index (χ0n) is 8.33. The van der Waals surface area contributed by atoms with Gasteiger partial charge in [0.2, 0.25) is 0 Å². The van der Waals surface area contributed by atoms with Crippen LogP contribution < -0.4 is 5.73 Å². The monoisotopic (exact) mass is 229 g/mol. The fourth-order valence-electron chi connectivity index (χ4n) is 1.03. The molecular weight excluding hydrogens is 218 g/mol. The fraction of sp³-hybridized carbons (Fsp3) is 0.300. The first kappa shape index (κ1) is 11.8. The van der Waals surface area contributed by atoms with Crippen molar-refractivity contribution >= 4 is 23.3 Å². The van der Waals surface area contributed by atoms with E-state index in [1.54, 1.807) is 6.07 Å². The summed E-state index contributed by atoms with van der Waals surface area (Å²) in [5.74, 6) is -0.457.